The van der Waals surface area contributed by atoms with Crippen molar-refractivity contribution in [3.05, 3.63) is 53.6 Å². The Labute approximate surface area is 112 Å². The number of carbonyl (C=O) groups is 1. The van der Waals surface area contributed by atoms with Crippen molar-refractivity contribution in [1.82, 2.24) is 0 Å². The number of Topliss-reactive ketones (excluding diaryl/α,β-unsaturated/α-hetero) is 1. The van der Waals surface area contributed by atoms with Crippen molar-refractivity contribution in [1.29, 1.82) is 0 Å². The average Bonchev–Trinajstić information content (AvgIpc) is 2.86. The van der Waals surface area contributed by atoms with E-state index in [4.69, 9.17) is 4.74 Å². The standard InChI is InChI=1S/C16H14O3/c1-2-19-16-9-5-7-13(16)15(18)11-10-12-6-3-4-8-14(12)17/h3-9,16-17H,2H2,1H3. The summed E-state index contributed by atoms with van der Waals surface area (Å²) in [6, 6.07) is 6.66. The Kier molecular flexibility index (Phi) is 4.17. The van der Waals surface area contributed by atoms with Gasteiger partial charge in [-0.1, -0.05) is 36.3 Å². The number of hydrogen-bond donors (Lipinski definition) is 1. The maximum atomic E-state index is 12.0. The highest BCUT2D eigenvalue weighted by Gasteiger charge is 2.20. The van der Waals surface area contributed by atoms with Crippen LogP contribution in [0.3, 0.4) is 0 Å². The molecule has 0 heterocycles. The predicted octanol–water partition coefficient (Wildman–Crippen LogP) is 2.21. The molecule has 1 unspecified atom stereocenters. The van der Waals surface area contributed by atoms with Crippen molar-refractivity contribution in [3.8, 4) is 17.6 Å². The van der Waals surface area contributed by atoms with Crippen LogP contribution in [0.25, 0.3) is 0 Å². The molecule has 0 aromatic heterocycles. The lowest BCUT2D eigenvalue weighted by Crippen LogP contribution is -2.16. The lowest BCUT2D eigenvalue weighted by atomic mass is 10.1. The number of allylic oxidation sites excluding steroid dienone is 2. The highest BCUT2D eigenvalue weighted by Crippen LogP contribution is 2.17. The number of hydrogen-bond acceptors (Lipinski definition) is 3. The number of benzene rings is 1. The van der Waals surface area contributed by atoms with Crippen LogP contribution >= 0.6 is 0 Å². The van der Waals surface area contributed by atoms with E-state index < -0.39 is 0 Å². The van der Waals surface area contributed by atoms with Crippen molar-refractivity contribution in [2.75, 3.05) is 6.61 Å². The van der Waals surface area contributed by atoms with Crippen LogP contribution in [0.4, 0.5) is 0 Å². The third-order valence-electron chi connectivity index (χ3n) is 2.69. The van der Waals surface area contributed by atoms with E-state index in [0.29, 0.717) is 17.7 Å². The monoisotopic (exact) mass is 254 g/mol. The van der Waals surface area contributed by atoms with Crippen LogP contribution in [0.1, 0.15) is 12.5 Å². The van der Waals surface area contributed by atoms with Crippen LogP contribution < -0.4 is 0 Å². The minimum absolute atomic E-state index is 0.0719. The SMILES string of the molecule is CCOC1C=CC=C1C(=O)C#Cc1ccccc1O. The highest BCUT2D eigenvalue weighted by molar-refractivity contribution is 6.10. The van der Waals surface area contributed by atoms with E-state index in [1.165, 1.54) is 6.07 Å². The molecular weight excluding hydrogens is 240 g/mol. The molecule has 96 valence electrons. The van der Waals surface area contributed by atoms with Gasteiger partial charge >= 0.3 is 0 Å². The largest absolute Gasteiger partial charge is 0.507 e. The fourth-order valence-corrected chi connectivity index (χ4v) is 1.76. The molecule has 0 radical (unpaired) electrons. The van der Waals surface area contributed by atoms with Gasteiger partial charge in [-0.2, -0.15) is 0 Å². The lowest BCUT2D eigenvalue weighted by Gasteiger charge is -2.09. The number of phenols is 1. The summed E-state index contributed by atoms with van der Waals surface area (Å²) in [5.41, 5.74) is 0.972. The van der Waals surface area contributed by atoms with Gasteiger partial charge in [-0.25, -0.2) is 0 Å². The molecule has 0 bridgehead atoms. The second-order valence-corrected chi connectivity index (χ2v) is 3.98. The number of ether oxygens (including phenoxy) is 1. The second-order valence-electron chi connectivity index (χ2n) is 3.98. The van der Waals surface area contributed by atoms with Crippen molar-refractivity contribution in [3.63, 3.8) is 0 Å². The molecule has 1 atom stereocenters. The maximum Gasteiger partial charge on any atom is 0.235 e. The molecular formula is C16H14O3. The second kappa shape index (κ2) is 6.03. The first-order valence-electron chi connectivity index (χ1n) is 6.06. The summed E-state index contributed by atoms with van der Waals surface area (Å²) in [5, 5.41) is 9.56. The molecule has 0 amide bonds. The first-order chi connectivity index (χ1) is 9.22. The Morgan fingerprint density at radius 2 is 2.21 bits per heavy atom. The Morgan fingerprint density at radius 1 is 1.42 bits per heavy atom. The first kappa shape index (κ1) is 13.1. The molecule has 0 saturated carbocycles. The highest BCUT2D eigenvalue weighted by atomic mass is 16.5. The summed E-state index contributed by atoms with van der Waals surface area (Å²) in [6.07, 6.45) is 5.01. The Balaban J connectivity index is 2.13. The molecule has 0 aliphatic heterocycles. The minimum Gasteiger partial charge on any atom is -0.507 e. The van der Waals surface area contributed by atoms with Gasteiger partial charge in [-0.15, -0.1) is 0 Å². The number of rotatable bonds is 3. The van der Waals surface area contributed by atoms with E-state index in [2.05, 4.69) is 11.8 Å². The quantitative estimate of drug-likeness (QED) is 0.841. The molecule has 2 rings (SSSR count). The third kappa shape index (κ3) is 3.12. The molecule has 0 fully saturated rings. The molecule has 19 heavy (non-hydrogen) atoms. The zero-order valence-electron chi connectivity index (χ0n) is 10.6. The molecule has 1 aliphatic rings. The normalized spacial score (nSPS) is 16.7. The number of ketones is 1. The Hall–Kier alpha value is -2.31. The van der Waals surface area contributed by atoms with Gasteiger partial charge in [0.25, 0.3) is 0 Å². The van der Waals surface area contributed by atoms with Crippen LogP contribution in [0, 0.1) is 11.8 Å². The number of carbonyl (C=O) groups excluding carboxylic acids is 1. The van der Waals surface area contributed by atoms with Crippen molar-refractivity contribution in [2.45, 2.75) is 13.0 Å². The molecule has 1 aromatic rings. The smallest absolute Gasteiger partial charge is 0.235 e. The van der Waals surface area contributed by atoms with Gasteiger partial charge in [0.15, 0.2) is 0 Å². The van der Waals surface area contributed by atoms with E-state index in [1.54, 1.807) is 30.4 Å². The Bertz CT molecular complexity index is 600. The molecule has 0 saturated heterocycles. The first-order valence-corrected chi connectivity index (χ1v) is 6.06. The maximum absolute atomic E-state index is 12.0. The summed E-state index contributed by atoms with van der Waals surface area (Å²) in [6.45, 7) is 2.41. The fourth-order valence-electron chi connectivity index (χ4n) is 1.76. The number of phenolic OH excluding ortho intramolecular Hbond substituents is 1. The van der Waals surface area contributed by atoms with Crippen molar-refractivity contribution >= 4 is 5.78 Å². The summed E-state index contributed by atoms with van der Waals surface area (Å²) in [5.74, 6) is 5.00. The topological polar surface area (TPSA) is 46.5 Å². The number of para-hydroxylation sites is 1. The zero-order chi connectivity index (χ0) is 13.7. The van der Waals surface area contributed by atoms with Crippen LogP contribution in [0.2, 0.25) is 0 Å². The van der Waals surface area contributed by atoms with E-state index >= 15 is 0 Å². The van der Waals surface area contributed by atoms with E-state index in [9.17, 15) is 9.90 Å². The van der Waals surface area contributed by atoms with Gasteiger partial charge in [-0.05, 0) is 25.0 Å². The van der Waals surface area contributed by atoms with Crippen molar-refractivity contribution in [2.24, 2.45) is 0 Å². The summed E-state index contributed by atoms with van der Waals surface area (Å²) < 4.78 is 5.42. The van der Waals surface area contributed by atoms with Gasteiger partial charge < -0.3 is 9.84 Å². The van der Waals surface area contributed by atoms with Gasteiger partial charge in [0.1, 0.15) is 11.9 Å². The molecule has 3 nitrogen and oxygen atoms in total. The van der Waals surface area contributed by atoms with Crippen molar-refractivity contribution < 1.29 is 14.6 Å². The fraction of sp³-hybridized carbons (Fsp3) is 0.188. The molecule has 1 aromatic carbocycles. The predicted molar refractivity (Wildman–Crippen MR) is 72.6 cm³/mol. The van der Waals surface area contributed by atoms with Gasteiger partial charge in [-0.3, -0.25) is 4.79 Å². The molecule has 1 aliphatic carbocycles. The van der Waals surface area contributed by atoms with Gasteiger partial charge in [0.2, 0.25) is 5.78 Å². The minimum atomic E-state index is -0.309. The van der Waals surface area contributed by atoms with E-state index in [-0.39, 0.29) is 17.6 Å². The lowest BCUT2D eigenvalue weighted by molar-refractivity contribution is -0.111. The van der Waals surface area contributed by atoms with Crippen LogP contribution in [0.5, 0.6) is 5.75 Å². The van der Waals surface area contributed by atoms with Gasteiger partial charge in [0.05, 0.1) is 5.56 Å². The number of aromatic hydroxyl groups is 1. The van der Waals surface area contributed by atoms with Crippen LogP contribution in [-0.2, 0) is 9.53 Å². The average molecular weight is 254 g/mol. The van der Waals surface area contributed by atoms with Crippen LogP contribution in [0.15, 0.2) is 48.1 Å². The van der Waals surface area contributed by atoms with E-state index in [0.717, 1.165) is 0 Å². The Morgan fingerprint density at radius 3 is 2.95 bits per heavy atom. The summed E-state index contributed by atoms with van der Waals surface area (Å²) >= 11 is 0. The molecule has 0 spiro atoms. The van der Waals surface area contributed by atoms with Gasteiger partial charge in [0, 0.05) is 12.2 Å². The third-order valence-corrected chi connectivity index (χ3v) is 2.69. The zero-order valence-corrected chi connectivity index (χ0v) is 10.6. The molecule has 3 heteroatoms. The summed E-state index contributed by atoms with van der Waals surface area (Å²) in [7, 11) is 0. The summed E-state index contributed by atoms with van der Waals surface area (Å²) in [4.78, 5) is 12.0. The van der Waals surface area contributed by atoms with Crippen LogP contribution in [-0.4, -0.2) is 23.6 Å². The molecule has 1 N–H and O–H groups in total. The van der Waals surface area contributed by atoms with E-state index in [1.807, 2.05) is 13.0 Å².